The van der Waals surface area contributed by atoms with E-state index >= 15 is 0 Å². The Morgan fingerprint density at radius 1 is 1.33 bits per heavy atom. The van der Waals surface area contributed by atoms with Gasteiger partial charge in [-0.1, -0.05) is 0 Å². The van der Waals surface area contributed by atoms with Crippen LogP contribution in [0.2, 0.25) is 0 Å². The number of likely N-dealkylation sites (tertiary alicyclic amines) is 1. The van der Waals surface area contributed by atoms with E-state index in [0.717, 1.165) is 41.4 Å². The molecule has 1 fully saturated rings. The highest BCUT2D eigenvalue weighted by molar-refractivity contribution is 9.10. The minimum absolute atomic E-state index is 0.0431. The number of piperidine rings is 1. The summed E-state index contributed by atoms with van der Waals surface area (Å²) in [5, 5.41) is 2.96. The van der Waals surface area contributed by atoms with Gasteiger partial charge in [-0.15, -0.1) is 0 Å². The summed E-state index contributed by atoms with van der Waals surface area (Å²) in [5.41, 5.74) is 0.950. The molecule has 1 N–H and O–H groups in total. The zero-order valence-corrected chi connectivity index (χ0v) is 19.1. The summed E-state index contributed by atoms with van der Waals surface area (Å²) >= 11 is 3.47. The van der Waals surface area contributed by atoms with Crippen LogP contribution in [0.4, 0.5) is 4.79 Å². The molecule has 1 saturated heterocycles. The molecule has 0 bridgehead atoms. The van der Waals surface area contributed by atoms with Gasteiger partial charge in [0.15, 0.2) is 5.75 Å². The number of ether oxygens (including phenoxy) is 2. The first-order valence-electron chi connectivity index (χ1n) is 10.3. The maximum absolute atomic E-state index is 12.7. The van der Waals surface area contributed by atoms with Gasteiger partial charge in [-0.3, -0.25) is 14.3 Å². The zero-order valence-electron chi connectivity index (χ0n) is 17.5. The molecule has 2 aromatic heterocycles. The van der Waals surface area contributed by atoms with Gasteiger partial charge in [-0.2, -0.15) is 0 Å². The molecule has 0 radical (unpaired) electrons. The van der Waals surface area contributed by atoms with Crippen molar-refractivity contribution in [3.05, 3.63) is 33.2 Å². The number of hydrogen-bond acceptors (Lipinski definition) is 6. The Hall–Kier alpha value is -2.13. The molecule has 0 aliphatic carbocycles. The van der Waals surface area contributed by atoms with Crippen LogP contribution in [0.15, 0.2) is 27.6 Å². The van der Waals surface area contributed by atoms with Gasteiger partial charge in [0, 0.05) is 37.9 Å². The van der Waals surface area contributed by atoms with Crippen LogP contribution in [-0.4, -0.2) is 58.4 Å². The topological polar surface area (TPSA) is 85.7 Å². The molecule has 4 heterocycles. The first kappa shape index (κ1) is 21.1. The molecule has 0 saturated carbocycles. The summed E-state index contributed by atoms with van der Waals surface area (Å²) < 4.78 is 13.9. The van der Waals surface area contributed by atoms with E-state index in [2.05, 4.69) is 31.1 Å². The first-order chi connectivity index (χ1) is 14.2. The lowest BCUT2D eigenvalue weighted by Crippen LogP contribution is -2.48. The SMILES string of the molecule is CC(C)(C)OC(=O)NC1CCN(C[C@@H]2COc3c(Br)cnc4ccc(=O)n2c34)CC1. The first-order valence-corrected chi connectivity index (χ1v) is 11.0. The molecule has 8 nitrogen and oxygen atoms in total. The van der Waals surface area contributed by atoms with Gasteiger partial charge < -0.3 is 19.7 Å². The minimum atomic E-state index is -0.500. The van der Waals surface area contributed by atoms with Crippen molar-refractivity contribution < 1.29 is 14.3 Å². The predicted octanol–water partition coefficient (Wildman–Crippen LogP) is 3.08. The number of carbonyl (C=O) groups excluding carboxylic acids is 1. The van der Waals surface area contributed by atoms with E-state index < -0.39 is 5.60 Å². The second kappa shape index (κ2) is 8.19. The fourth-order valence-electron chi connectivity index (χ4n) is 4.09. The molecule has 2 aliphatic rings. The van der Waals surface area contributed by atoms with Crippen molar-refractivity contribution in [2.45, 2.75) is 51.3 Å². The number of halogens is 1. The number of aromatic nitrogens is 2. The summed E-state index contributed by atoms with van der Waals surface area (Å²) in [7, 11) is 0. The number of alkyl carbamates (subject to hydrolysis) is 1. The molecular weight excluding hydrogens is 452 g/mol. The number of nitrogens with one attached hydrogen (secondary N) is 1. The van der Waals surface area contributed by atoms with E-state index in [0.29, 0.717) is 18.9 Å². The van der Waals surface area contributed by atoms with E-state index in [1.165, 1.54) is 0 Å². The number of pyridine rings is 2. The van der Waals surface area contributed by atoms with Gasteiger partial charge in [0.25, 0.3) is 5.56 Å². The van der Waals surface area contributed by atoms with Gasteiger partial charge in [0.2, 0.25) is 0 Å². The van der Waals surface area contributed by atoms with Crippen molar-refractivity contribution in [2.24, 2.45) is 0 Å². The van der Waals surface area contributed by atoms with Crippen molar-refractivity contribution >= 4 is 33.1 Å². The largest absolute Gasteiger partial charge is 0.488 e. The number of rotatable bonds is 3. The maximum Gasteiger partial charge on any atom is 0.407 e. The molecule has 4 rings (SSSR count). The Morgan fingerprint density at radius 3 is 2.77 bits per heavy atom. The third kappa shape index (κ3) is 4.46. The lowest BCUT2D eigenvalue weighted by atomic mass is 10.0. The molecule has 30 heavy (non-hydrogen) atoms. The summed E-state index contributed by atoms with van der Waals surface area (Å²) in [6.45, 7) is 8.40. The maximum atomic E-state index is 12.7. The zero-order chi connectivity index (χ0) is 21.5. The average Bonchev–Trinajstić information content (AvgIpc) is 2.67. The molecule has 9 heteroatoms. The number of hydrogen-bond donors (Lipinski definition) is 1. The summed E-state index contributed by atoms with van der Waals surface area (Å²) in [4.78, 5) is 31.4. The third-order valence-electron chi connectivity index (χ3n) is 5.42. The van der Waals surface area contributed by atoms with Crippen LogP contribution in [0.1, 0.15) is 39.7 Å². The lowest BCUT2D eigenvalue weighted by Gasteiger charge is -2.36. The Morgan fingerprint density at radius 2 is 2.07 bits per heavy atom. The van der Waals surface area contributed by atoms with Gasteiger partial charge in [-0.25, -0.2) is 4.79 Å². The van der Waals surface area contributed by atoms with Gasteiger partial charge in [0.1, 0.15) is 17.7 Å². The lowest BCUT2D eigenvalue weighted by molar-refractivity contribution is 0.0473. The molecular formula is C21H27BrN4O4. The van der Waals surface area contributed by atoms with Gasteiger partial charge in [-0.05, 0) is 55.6 Å². The Kier molecular flexibility index (Phi) is 5.76. The van der Waals surface area contributed by atoms with Crippen LogP contribution in [0.25, 0.3) is 11.0 Å². The van der Waals surface area contributed by atoms with Crippen molar-refractivity contribution in [3.63, 3.8) is 0 Å². The van der Waals surface area contributed by atoms with E-state index in [1.54, 1.807) is 18.3 Å². The highest BCUT2D eigenvalue weighted by atomic mass is 79.9. The predicted molar refractivity (Wildman–Crippen MR) is 117 cm³/mol. The van der Waals surface area contributed by atoms with Crippen LogP contribution in [0.3, 0.4) is 0 Å². The summed E-state index contributed by atoms with van der Waals surface area (Å²) in [5.74, 6) is 0.675. The smallest absolute Gasteiger partial charge is 0.407 e. The number of amides is 1. The molecule has 0 unspecified atom stereocenters. The highest BCUT2D eigenvalue weighted by Gasteiger charge is 2.30. The summed E-state index contributed by atoms with van der Waals surface area (Å²) in [6.07, 6.45) is 3.02. The van der Waals surface area contributed by atoms with Crippen molar-refractivity contribution in [1.82, 2.24) is 19.8 Å². The average molecular weight is 479 g/mol. The fraction of sp³-hybridized carbons (Fsp3) is 0.571. The quantitative estimate of drug-likeness (QED) is 0.729. The second-order valence-corrected chi connectivity index (χ2v) is 9.75. The van der Waals surface area contributed by atoms with E-state index in [1.807, 2.05) is 25.3 Å². The van der Waals surface area contributed by atoms with E-state index in [-0.39, 0.29) is 23.7 Å². The standard InChI is InChI=1S/C21H27BrN4O4/c1-21(2,3)30-20(28)24-13-6-8-25(9-7-13)11-14-12-29-19-15(22)10-23-16-4-5-17(27)26(14)18(16)19/h4-5,10,13-14H,6-9,11-12H2,1-3H3,(H,24,28)/t14-/m1/s1. The van der Waals surface area contributed by atoms with Crippen LogP contribution < -0.4 is 15.6 Å². The van der Waals surface area contributed by atoms with Crippen LogP contribution in [-0.2, 0) is 4.74 Å². The van der Waals surface area contributed by atoms with Crippen molar-refractivity contribution in [1.29, 1.82) is 0 Å². The van der Waals surface area contributed by atoms with Crippen LogP contribution >= 0.6 is 15.9 Å². The second-order valence-electron chi connectivity index (χ2n) is 8.90. The van der Waals surface area contributed by atoms with Crippen LogP contribution in [0, 0.1) is 0 Å². The van der Waals surface area contributed by atoms with E-state index in [9.17, 15) is 9.59 Å². The van der Waals surface area contributed by atoms with Crippen molar-refractivity contribution in [2.75, 3.05) is 26.2 Å². The van der Waals surface area contributed by atoms with Crippen LogP contribution in [0.5, 0.6) is 5.75 Å². The molecule has 2 aromatic rings. The molecule has 1 atom stereocenters. The Bertz CT molecular complexity index is 1010. The molecule has 0 aromatic carbocycles. The fourth-order valence-corrected chi connectivity index (χ4v) is 4.50. The highest BCUT2D eigenvalue weighted by Crippen LogP contribution is 2.36. The van der Waals surface area contributed by atoms with Crippen molar-refractivity contribution in [3.8, 4) is 5.75 Å². The van der Waals surface area contributed by atoms with Gasteiger partial charge in [0.05, 0.1) is 16.0 Å². The molecule has 1 amide bonds. The number of carbonyl (C=O) groups is 1. The summed E-state index contributed by atoms with van der Waals surface area (Å²) in [6, 6.07) is 3.33. The third-order valence-corrected chi connectivity index (χ3v) is 5.98. The van der Waals surface area contributed by atoms with E-state index in [4.69, 9.17) is 9.47 Å². The Labute approximate surface area is 183 Å². The molecule has 162 valence electrons. The Balaban J connectivity index is 1.42. The molecule has 2 aliphatic heterocycles. The minimum Gasteiger partial charge on any atom is -0.488 e. The molecule has 0 spiro atoms. The normalized spacial score (nSPS) is 20.1. The van der Waals surface area contributed by atoms with Gasteiger partial charge >= 0.3 is 6.09 Å². The number of nitrogens with zero attached hydrogens (tertiary/aromatic N) is 3. The monoisotopic (exact) mass is 478 g/mol.